The van der Waals surface area contributed by atoms with Gasteiger partial charge in [0.05, 0.1) is 6.07 Å². The fraction of sp³-hybridized carbons (Fsp3) is 0.667. The van der Waals surface area contributed by atoms with Gasteiger partial charge >= 0.3 is 0 Å². The minimum Gasteiger partial charge on any atom is -0.315 e. The zero-order valence-electron chi connectivity index (χ0n) is 6.56. The summed E-state index contributed by atoms with van der Waals surface area (Å²) in [5.41, 5.74) is 1.38. The van der Waals surface area contributed by atoms with E-state index in [2.05, 4.69) is 17.5 Å². The summed E-state index contributed by atoms with van der Waals surface area (Å²) in [6.45, 7) is 2.16. The molecule has 0 aromatic rings. The van der Waals surface area contributed by atoms with Gasteiger partial charge < -0.3 is 5.32 Å². The van der Waals surface area contributed by atoms with E-state index < -0.39 is 0 Å². The second-order valence-electron chi connectivity index (χ2n) is 3.60. The van der Waals surface area contributed by atoms with Crippen LogP contribution < -0.4 is 5.32 Å². The minimum atomic E-state index is 0.378. The molecule has 2 rings (SSSR count). The Kier molecular flexibility index (Phi) is 1.47. The lowest BCUT2D eigenvalue weighted by Crippen LogP contribution is -2.53. The summed E-state index contributed by atoms with van der Waals surface area (Å²) < 4.78 is 0. The number of hydrogen-bond acceptors (Lipinski definition) is 2. The third-order valence-electron chi connectivity index (χ3n) is 2.70. The molecule has 1 saturated heterocycles. The normalized spacial score (nSPS) is 27.0. The summed E-state index contributed by atoms with van der Waals surface area (Å²) in [6, 6.07) is 2.26. The molecular weight excluding hydrogens is 136 g/mol. The van der Waals surface area contributed by atoms with Crippen LogP contribution in [0.3, 0.4) is 0 Å². The molecule has 0 aromatic carbocycles. The molecule has 0 unspecified atom stereocenters. The van der Waals surface area contributed by atoms with Crippen molar-refractivity contribution in [1.82, 2.24) is 5.32 Å². The number of nitriles is 1. The molecule has 1 spiro atoms. The largest absolute Gasteiger partial charge is 0.315 e. The van der Waals surface area contributed by atoms with E-state index in [1.807, 2.05) is 0 Å². The first-order valence-corrected chi connectivity index (χ1v) is 4.17. The summed E-state index contributed by atoms with van der Waals surface area (Å²) in [5.74, 6) is 0. The monoisotopic (exact) mass is 148 g/mol. The van der Waals surface area contributed by atoms with Crippen LogP contribution in [0.4, 0.5) is 0 Å². The Morgan fingerprint density at radius 3 is 2.91 bits per heavy atom. The molecule has 11 heavy (non-hydrogen) atoms. The molecule has 0 bridgehead atoms. The van der Waals surface area contributed by atoms with Crippen LogP contribution in [0.1, 0.15) is 19.3 Å². The average Bonchev–Trinajstić information content (AvgIpc) is 2.02. The van der Waals surface area contributed by atoms with Crippen molar-refractivity contribution < 1.29 is 0 Å². The molecule has 2 heteroatoms. The molecule has 0 radical (unpaired) electrons. The Hall–Kier alpha value is -0.810. The molecule has 2 aliphatic rings. The maximum Gasteiger partial charge on any atom is 0.0943 e. The number of rotatable bonds is 0. The van der Waals surface area contributed by atoms with E-state index in [0.717, 1.165) is 25.1 Å². The van der Waals surface area contributed by atoms with Crippen LogP contribution in [-0.4, -0.2) is 13.1 Å². The molecule has 1 fully saturated rings. The Morgan fingerprint density at radius 2 is 2.36 bits per heavy atom. The Bertz CT molecular complexity index is 230. The van der Waals surface area contributed by atoms with Gasteiger partial charge in [0.1, 0.15) is 0 Å². The fourth-order valence-corrected chi connectivity index (χ4v) is 1.96. The third-order valence-corrected chi connectivity index (χ3v) is 2.70. The van der Waals surface area contributed by atoms with E-state index in [1.54, 1.807) is 0 Å². The van der Waals surface area contributed by atoms with Gasteiger partial charge in [0.2, 0.25) is 0 Å². The number of nitrogens with zero attached hydrogens (tertiary/aromatic N) is 1. The van der Waals surface area contributed by atoms with Crippen LogP contribution >= 0.6 is 0 Å². The fourth-order valence-electron chi connectivity index (χ4n) is 1.96. The molecule has 0 aromatic heterocycles. The summed E-state index contributed by atoms with van der Waals surface area (Å²) in [4.78, 5) is 0. The van der Waals surface area contributed by atoms with Crippen molar-refractivity contribution in [1.29, 1.82) is 5.26 Å². The second-order valence-corrected chi connectivity index (χ2v) is 3.60. The molecule has 1 aliphatic heterocycles. The number of hydrogen-bond donors (Lipinski definition) is 1. The van der Waals surface area contributed by atoms with Crippen molar-refractivity contribution in [2.75, 3.05) is 13.1 Å². The lowest BCUT2D eigenvalue weighted by Gasteiger charge is -2.42. The summed E-state index contributed by atoms with van der Waals surface area (Å²) >= 11 is 0. The Balaban J connectivity index is 2.19. The first-order valence-electron chi connectivity index (χ1n) is 4.17. The highest BCUT2D eigenvalue weighted by atomic mass is 15.0. The SMILES string of the molecule is N#CC1=CC2(CCC1)CNC2. The topological polar surface area (TPSA) is 35.8 Å². The van der Waals surface area contributed by atoms with Gasteiger partial charge in [-0.15, -0.1) is 0 Å². The van der Waals surface area contributed by atoms with E-state index in [1.165, 1.54) is 12.8 Å². The molecule has 0 saturated carbocycles. The van der Waals surface area contributed by atoms with E-state index in [9.17, 15) is 0 Å². The van der Waals surface area contributed by atoms with Crippen molar-refractivity contribution in [2.24, 2.45) is 5.41 Å². The van der Waals surface area contributed by atoms with Gasteiger partial charge in [-0.3, -0.25) is 0 Å². The van der Waals surface area contributed by atoms with Crippen molar-refractivity contribution in [3.05, 3.63) is 11.6 Å². The highest BCUT2D eigenvalue weighted by molar-refractivity contribution is 5.28. The van der Waals surface area contributed by atoms with E-state index >= 15 is 0 Å². The lowest BCUT2D eigenvalue weighted by molar-refractivity contribution is 0.206. The van der Waals surface area contributed by atoms with Gasteiger partial charge in [-0.1, -0.05) is 6.08 Å². The van der Waals surface area contributed by atoms with Gasteiger partial charge in [0.25, 0.3) is 0 Å². The van der Waals surface area contributed by atoms with Crippen LogP contribution in [0.2, 0.25) is 0 Å². The Labute approximate surface area is 66.9 Å². The van der Waals surface area contributed by atoms with Crippen molar-refractivity contribution in [3.8, 4) is 6.07 Å². The third kappa shape index (κ3) is 1.06. The molecule has 58 valence electrons. The van der Waals surface area contributed by atoms with E-state index in [0.29, 0.717) is 5.41 Å². The van der Waals surface area contributed by atoms with E-state index in [-0.39, 0.29) is 0 Å². The van der Waals surface area contributed by atoms with Crippen LogP contribution in [0, 0.1) is 16.7 Å². The maximum atomic E-state index is 8.70. The molecule has 1 heterocycles. The highest BCUT2D eigenvalue weighted by Gasteiger charge is 2.36. The Morgan fingerprint density at radius 1 is 1.55 bits per heavy atom. The van der Waals surface area contributed by atoms with Crippen molar-refractivity contribution >= 4 is 0 Å². The van der Waals surface area contributed by atoms with Crippen molar-refractivity contribution in [2.45, 2.75) is 19.3 Å². The quantitative estimate of drug-likeness (QED) is 0.560. The van der Waals surface area contributed by atoms with E-state index in [4.69, 9.17) is 5.26 Å². The van der Waals surface area contributed by atoms with Gasteiger partial charge in [-0.25, -0.2) is 0 Å². The summed E-state index contributed by atoms with van der Waals surface area (Å²) in [6.07, 6.45) is 5.65. The van der Waals surface area contributed by atoms with Gasteiger partial charge in [0, 0.05) is 24.1 Å². The summed E-state index contributed by atoms with van der Waals surface area (Å²) in [5, 5.41) is 12.0. The first kappa shape index (κ1) is 6.87. The molecule has 1 N–H and O–H groups in total. The standard InChI is InChI=1S/C9H12N2/c10-5-8-2-1-3-9(4-8)6-11-7-9/h4,11H,1-3,6-7H2. The smallest absolute Gasteiger partial charge is 0.0943 e. The van der Waals surface area contributed by atoms with Crippen LogP contribution in [0.15, 0.2) is 11.6 Å². The van der Waals surface area contributed by atoms with Gasteiger partial charge in [-0.05, 0) is 19.3 Å². The predicted octanol–water partition coefficient (Wildman–Crippen LogP) is 1.21. The summed E-state index contributed by atoms with van der Waals surface area (Å²) in [7, 11) is 0. The number of allylic oxidation sites excluding steroid dienone is 1. The van der Waals surface area contributed by atoms with Crippen LogP contribution in [-0.2, 0) is 0 Å². The van der Waals surface area contributed by atoms with Gasteiger partial charge in [0.15, 0.2) is 0 Å². The highest BCUT2D eigenvalue weighted by Crippen LogP contribution is 2.36. The molecule has 0 atom stereocenters. The van der Waals surface area contributed by atoms with Crippen LogP contribution in [0.5, 0.6) is 0 Å². The molecule has 2 nitrogen and oxygen atoms in total. The van der Waals surface area contributed by atoms with Gasteiger partial charge in [-0.2, -0.15) is 5.26 Å². The number of nitrogens with one attached hydrogen (secondary N) is 1. The maximum absolute atomic E-state index is 8.70. The first-order chi connectivity index (χ1) is 5.35. The molecule has 1 aliphatic carbocycles. The molecular formula is C9H12N2. The zero-order chi connectivity index (χ0) is 7.73. The second kappa shape index (κ2) is 2.35. The zero-order valence-corrected chi connectivity index (χ0v) is 6.56. The van der Waals surface area contributed by atoms with Crippen LogP contribution in [0.25, 0.3) is 0 Å². The predicted molar refractivity (Wildman–Crippen MR) is 42.8 cm³/mol. The molecule has 0 amide bonds. The van der Waals surface area contributed by atoms with Crippen molar-refractivity contribution in [3.63, 3.8) is 0 Å². The lowest BCUT2D eigenvalue weighted by atomic mass is 9.72. The minimum absolute atomic E-state index is 0.378. The average molecular weight is 148 g/mol.